The summed E-state index contributed by atoms with van der Waals surface area (Å²) in [5.74, 6) is 0.417. The Morgan fingerprint density at radius 2 is 1.97 bits per heavy atom. The topological polar surface area (TPSA) is 126 Å². The van der Waals surface area contributed by atoms with Crippen LogP contribution in [0, 0.1) is 10.1 Å². The first-order valence-electron chi connectivity index (χ1n) is 10.3. The van der Waals surface area contributed by atoms with Gasteiger partial charge in [-0.3, -0.25) is 24.7 Å². The molecule has 31 heavy (non-hydrogen) atoms. The van der Waals surface area contributed by atoms with E-state index >= 15 is 0 Å². The third-order valence-corrected chi connectivity index (χ3v) is 6.55. The second-order valence-corrected chi connectivity index (χ2v) is 9.10. The Bertz CT molecular complexity index is 874. The van der Waals surface area contributed by atoms with Crippen LogP contribution in [-0.4, -0.2) is 70.0 Å². The van der Waals surface area contributed by atoms with Crippen molar-refractivity contribution in [1.29, 1.82) is 0 Å². The number of nitrogens with one attached hydrogen (secondary N) is 2. The van der Waals surface area contributed by atoms with Crippen molar-refractivity contribution >= 4 is 39.6 Å². The van der Waals surface area contributed by atoms with E-state index in [1.54, 1.807) is 0 Å². The summed E-state index contributed by atoms with van der Waals surface area (Å²) < 4.78 is 33.2. The maximum Gasteiger partial charge on any atom is 0.293 e. The van der Waals surface area contributed by atoms with Gasteiger partial charge in [0, 0.05) is 38.7 Å². The van der Waals surface area contributed by atoms with Gasteiger partial charge in [-0.25, -0.2) is 8.42 Å². The minimum absolute atomic E-state index is 0. The molecule has 2 aliphatic rings. The first-order valence-corrected chi connectivity index (χ1v) is 11.8. The molecule has 0 aromatic heterocycles. The van der Waals surface area contributed by atoms with Crippen molar-refractivity contribution in [2.45, 2.75) is 37.0 Å². The van der Waals surface area contributed by atoms with E-state index in [0.29, 0.717) is 31.0 Å². The average molecular weight is 476 g/mol. The summed E-state index contributed by atoms with van der Waals surface area (Å²) in [6.45, 7) is 5.27. The molecule has 0 radical (unpaired) electrons. The molecule has 0 spiro atoms. The van der Waals surface area contributed by atoms with E-state index in [1.165, 1.54) is 12.1 Å². The summed E-state index contributed by atoms with van der Waals surface area (Å²) in [6.07, 6.45) is 4.19. The standard InChI is InChI=1S/C19H29N5O5S.ClH/c25-24(26)18-15-16(30(27,28)22-19-5-2-1-3-8-21-19)6-7-17(18)20-9-4-10-23-11-13-29-14-12-23;/h6-7,15,20H,1-5,8-14H2,(H,21,22);1H. The molecule has 0 saturated carbocycles. The van der Waals surface area contributed by atoms with E-state index in [0.717, 1.165) is 64.6 Å². The van der Waals surface area contributed by atoms with Crippen LogP contribution in [0.2, 0.25) is 0 Å². The van der Waals surface area contributed by atoms with E-state index in [2.05, 4.69) is 19.9 Å². The van der Waals surface area contributed by atoms with Gasteiger partial charge in [-0.05, 0) is 37.9 Å². The fourth-order valence-corrected chi connectivity index (χ4v) is 4.61. The van der Waals surface area contributed by atoms with Gasteiger partial charge in [0.2, 0.25) is 0 Å². The van der Waals surface area contributed by atoms with Gasteiger partial charge >= 0.3 is 0 Å². The normalized spacial score (nSPS) is 17.7. The highest BCUT2D eigenvalue weighted by Gasteiger charge is 2.23. The predicted octanol–water partition coefficient (Wildman–Crippen LogP) is 2.40. The number of halogens is 1. The fourth-order valence-electron chi connectivity index (χ4n) is 3.50. The molecule has 0 aliphatic carbocycles. The van der Waals surface area contributed by atoms with Gasteiger partial charge in [0.25, 0.3) is 15.7 Å². The van der Waals surface area contributed by atoms with E-state index in [-0.39, 0.29) is 23.0 Å². The van der Waals surface area contributed by atoms with Gasteiger partial charge in [-0.15, -0.1) is 12.4 Å². The van der Waals surface area contributed by atoms with Gasteiger partial charge in [-0.1, -0.05) is 6.42 Å². The number of hydrogen-bond acceptors (Lipinski definition) is 8. The molecule has 0 amide bonds. The maximum atomic E-state index is 12.7. The lowest BCUT2D eigenvalue weighted by molar-refractivity contribution is -0.384. The lowest BCUT2D eigenvalue weighted by atomic mass is 10.2. The van der Waals surface area contributed by atoms with Crippen molar-refractivity contribution in [2.75, 3.05) is 51.3 Å². The molecule has 2 N–H and O–H groups in total. The van der Waals surface area contributed by atoms with Crippen molar-refractivity contribution in [2.24, 2.45) is 4.99 Å². The number of nitro groups is 1. The molecule has 0 bridgehead atoms. The number of nitrogens with zero attached hydrogens (tertiary/aromatic N) is 3. The maximum absolute atomic E-state index is 12.7. The molecule has 10 nitrogen and oxygen atoms in total. The van der Waals surface area contributed by atoms with Crippen LogP contribution in [0.1, 0.15) is 32.1 Å². The average Bonchev–Trinajstić information content (AvgIpc) is 3.00. The molecule has 1 aromatic carbocycles. The Hall–Kier alpha value is -1.95. The van der Waals surface area contributed by atoms with Crippen LogP contribution in [0.4, 0.5) is 11.4 Å². The molecule has 3 rings (SSSR count). The Kier molecular flexibility index (Phi) is 9.94. The molecular weight excluding hydrogens is 446 g/mol. The zero-order valence-corrected chi connectivity index (χ0v) is 19.0. The molecule has 12 heteroatoms. The smallest absolute Gasteiger partial charge is 0.293 e. The van der Waals surface area contributed by atoms with Crippen LogP contribution in [0.15, 0.2) is 28.1 Å². The van der Waals surface area contributed by atoms with Gasteiger partial charge in [0.15, 0.2) is 0 Å². The lowest BCUT2D eigenvalue weighted by Gasteiger charge is -2.26. The predicted molar refractivity (Wildman–Crippen MR) is 122 cm³/mol. The van der Waals surface area contributed by atoms with Crippen molar-refractivity contribution in [3.8, 4) is 0 Å². The summed E-state index contributed by atoms with van der Waals surface area (Å²) in [6, 6.07) is 3.94. The molecule has 1 aromatic rings. The summed E-state index contributed by atoms with van der Waals surface area (Å²) >= 11 is 0. The minimum Gasteiger partial charge on any atom is -0.379 e. The van der Waals surface area contributed by atoms with Gasteiger partial charge in [0.05, 0.1) is 23.0 Å². The number of ether oxygens (including phenoxy) is 1. The second-order valence-electron chi connectivity index (χ2n) is 7.41. The Labute approximate surface area is 189 Å². The summed E-state index contributed by atoms with van der Waals surface area (Å²) in [5.41, 5.74) is 0.0554. The summed E-state index contributed by atoms with van der Waals surface area (Å²) in [5, 5.41) is 14.6. The number of rotatable bonds is 8. The lowest BCUT2D eigenvalue weighted by Crippen LogP contribution is -2.37. The van der Waals surface area contributed by atoms with Crippen LogP contribution in [0.5, 0.6) is 0 Å². The first kappa shape index (κ1) is 25.3. The monoisotopic (exact) mass is 475 g/mol. The molecule has 1 saturated heterocycles. The second kappa shape index (κ2) is 12.2. The SMILES string of the molecule is Cl.O=[N+]([O-])c1cc(S(=O)(=O)NC2=NCCCCC2)ccc1NCCCN1CCOCC1. The Balaban J connectivity index is 0.00000341. The van der Waals surface area contributed by atoms with Gasteiger partial charge < -0.3 is 10.1 Å². The number of anilines is 1. The molecule has 1 fully saturated rings. The molecular formula is C19H30ClN5O5S. The molecule has 174 valence electrons. The highest BCUT2D eigenvalue weighted by molar-refractivity contribution is 7.90. The van der Waals surface area contributed by atoms with E-state index in [1.807, 2.05) is 0 Å². The van der Waals surface area contributed by atoms with Crippen LogP contribution in [0.25, 0.3) is 0 Å². The van der Waals surface area contributed by atoms with Crippen molar-refractivity contribution < 1.29 is 18.1 Å². The number of morpholine rings is 1. The van der Waals surface area contributed by atoms with Crippen LogP contribution >= 0.6 is 12.4 Å². The number of nitro benzene ring substituents is 1. The fraction of sp³-hybridized carbons (Fsp3) is 0.632. The van der Waals surface area contributed by atoms with Crippen LogP contribution in [-0.2, 0) is 14.8 Å². The van der Waals surface area contributed by atoms with Crippen molar-refractivity contribution in [3.05, 3.63) is 28.3 Å². The third-order valence-electron chi connectivity index (χ3n) is 5.17. The van der Waals surface area contributed by atoms with Crippen molar-refractivity contribution in [1.82, 2.24) is 9.62 Å². The zero-order chi connectivity index (χ0) is 21.4. The number of aliphatic imine (C=N–C) groups is 1. The minimum atomic E-state index is -3.92. The zero-order valence-electron chi connectivity index (χ0n) is 17.4. The highest BCUT2D eigenvalue weighted by Crippen LogP contribution is 2.27. The largest absolute Gasteiger partial charge is 0.379 e. The number of sulfonamides is 1. The highest BCUT2D eigenvalue weighted by atomic mass is 35.5. The Morgan fingerprint density at radius 3 is 2.71 bits per heavy atom. The van der Waals surface area contributed by atoms with Crippen LogP contribution < -0.4 is 10.0 Å². The number of hydrogen-bond donors (Lipinski definition) is 2. The van der Waals surface area contributed by atoms with E-state index < -0.39 is 14.9 Å². The van der Waals surface area contributed by atoms with Gasteiger partial charge in [-0.2, -0.15) is 0 Å². The third kappa shape index (κ3) is 7.60. The van der Waals surface area contributed by atoms with E-state index in [9.17, 15) is 18.5 Å². The molecule has 2 aliphatic heterocycles. The van der Waals surface area contributed by atoms with Crippen molar-refractivity contribution in [3.63, 3.8) is 0 Å². The van der Waals surface area contributed by atoms with Crippen LogP contribution in [0.3, 0.4) is 0 Å². The van der Waals surface area contributed by atoms with Gasteiger partial charge in [0.1, 0.15) is 11.5 Å². The number of amidine groups is 1. The quantitative estimate of drug-likeness (QED) is 0.336. The molecule has 2 heterocycles. The summed E-state index contributed by atoms with van der Waals surface area (Å²) in [7, 11) is -3.92. The number of benzene rings is 1. The Morgan fingerprint density at radius 1 is 1.19 bits per heavy atom. The molecule has 0 atom stereocenters. The first-order chi connectivity index (χ1) is 14.5. The summed E-state index contributed by atoms with van der Waals surface area (Å²) in [4.78, 5) is 17.4. The molecule has 0 unspecified atom stereocenters. The van der Waals surface area contributed by atoms with E-state index in [4.69, 9.17) is 4.74 Å².